The first-order valence-corrected chi connectivity index (χ1v) is 5.57. The lowest BCUT2D eigenvalue weighted by Gasteiger charge is -2.09. The molecular weight excluding hydrogens is 244 g/mol. The van der Waals surface area contributed by atoms with E-state index in [4.69, 9.17) is 5.73 Å². The molecule has 0 aliphatic carbocycles. The van der Waals surface area contributed by atoms with Crippen molar-refractivity contribution >= 4 is 11.8 Å². The maximum absolute atomic E-state index is 11.8. The number of primary amides is 1. The summed E-state index contributed by atoms with van der Waals surface area (Å²) in [6.07, 6.45) is 3.05. The molecule has 0 saturated carbocycles. The molecule has 0 unspecified atom stereocenters. The Morgan fingerprint density at radius 2 is 1.58 bits per heavy atom. The Labute approximate surface area is 109 Å². The molecule has 0 saturated heterocycles. The molecule has 0 bridgehead atoms. The quantitative estimate of drug-likeness (QED) is 0.840. The van der Waals surface area contributed by atoms with Gasteiger partial charge in [-0.2, -0.15) is 0 Å². The van der Waals surface area contributed by atoms with Crippen molar-refractivity contribution in [1.82, 2.24) is 15.3 Å². The van der Waals surface area contributed by atoms with Gasteiger partial charge in [-0.05, 0) is 24.3 Å². The van der Waals surface area contributed by atoms with Crippen LogP contribution in [-0.4, -0.2) is 28.8 Å². The number of nitrogens with one attached hydrogen (secondary N) is 1. The summed E-state index contributed by atoms with van der Waals surface area (Å²) < 4.78 is 0. The van der Waals surface area contributed by atoms with Crippen molar-refractivity contribution in [1.29, 1.82) is 0 Å². The van der Waals surface area contributed by atoms with Gasteiger partial charge >= 0.3 is 0 Å². The van der Waals surface area contributed by atoms with Crippen LogP contribution in [-0.2, 0) is 0 Å². The highest BCUT2D eigenvalue weighted by Crippen LogP contribution is 2.22. The van der Waals surface area contributed by atoms with Crippen LogP contribution >= 0.6 is 0 Å². The molecule has 6 heteroatoms. The number of hydrogen-bond acceptors (Lipinski definition) is 4. The molecule has 2 amide bonds. The van der Waals surface area contributed by atoms with Crippen molar-refractivity contribution in [2.75, 3.05) is 7.05 Å². The fourth-order valence-corrected chi connectivity index (χ4v) is 1.70. The molecule has 6 nitrogen and oxygen atoms in total. The van der Waals surface area contributed by atoms with Crippen LogP contribution < -0.4 is 11.1 Å². The van der Waals surface area contributed by atoms with Crippen molar-refractivity contribution in [2.45, 2.75) is 0 Å². The van der Waals surface area contributed by atoms with E-state index in [1.54, 1.807) is 24.3 Å². The van der Waals surface area contributed by atoms with Crippen LogP contribution in [0.2, 0.25) is 0 Å². The number of carbonyl (C=O) groups is 2. The second kappa shape index (κ2) is 5.26. The Morgan fingerprint density at radius 1 is 1.05 bits per heavy atom. The van der Waals surface area contributed by atoms with Gasteiger partial charge in [-0.3, -0.25) is 19.6 Å². The van der Waals surface area contributed by atoms with Crippen molar-refractivity contribution in [2.24, 2.45) is 5.73 Å². The summed E-state index contributed by atoms with van der Waals surface area (Å²) in [6, 6.07) is 6.40. The van der Waals surface area contributed by atoms with Gasteiger partial charge in [0.1, 0.15) is 11.4 Å². The summed E-state index contributed by atoms with van der Waals surface area (Å²) >= 11 is 0. The third-order valence-electron chi connectivity index (χ3n) is 2.58. The van der Waals surface area contributed by atoms with Crippen LogP contribution in [0.4, 0.5) is 0 Å². The van der Waals surface area contributed by atoms with Crippen molar-refractivity contribution in [3.63, 3.8) is 0 Å². The summed E-state index contributed by atoms with van der Waals surface area (Å²) in [5.74, 6) is -0.916. The van der Waals surface area contributed by atoms with Crippen LogP contribution in [0.15, 0.2) is 36.7 Å². The molecule has 96 valence electrons. The zero-order chi connectivity index (χ0) is 13.8. The maximum Gasteiger partial charge on any atom is 0.253 e. The monoisotopic (exact) mass is 256 g/mol. The average Bonchev–Trinajstić information content (AvgIpc) is 2.46. The second-order valence-electron chi connectivity index (χ2n) is 3.74. The summed E-state index contributed by atoms with van der Waals surface area (Å²) in [4.78, 5) is 31.4. The van der Waals surface area contributed by atoms with E-state index in [1.165, 1.54) is 19.4 Å². The van der Waals surface area contributed by atoms with Crippen LogP contribution in [0.3, 0.4) is 0 Å². The lowest BCUT2D eigenvalue weighted by Crippen LogP contribution is -2.20. The van der Waals surface area contributed by atoms with Gasteiger partial charge < -0.3 is 11.1 Å². The number of nitrogens with two attached hydrogens (primary N) is 1. The van der Waals surface area contributed by atoms with E-state index in [1.807, 2.05) is 0 Å². The minimum atomic E-state index is -0.614. The summed E-state index contributed by atoms with van der Waals surface area (Å²) in [6.45, 7) is 0. The van der Waals surface area contributed by atoms with Gasteiger partial charge in [-0.1, -0.05) is 0 Å². The van der Waals surface area contributed by atoms with Crippen molar-refractivity contribution in [3.8, 4) is 11.4 Å². The molecule has 0 aromatic carbocycles. The maximum atomic E-state index is 11.8. The lowest BCUT2D eigenvalue weighted by molar-refractivity contribution is 0.0960. The van der Waals surface area contributed by atoms with Gasteiger partial charge in [0.25, 0.3) is 11.8 Å². The topological polar surface area (TPSA) is 98.0 Å². The summed E-state index contributed by atoms with van der Waals surface area (Å²) in [7, 11) is 1.52. The van der Waals surface area contributed by atoms with E-state index in [-0.39, 0.29) is 11.5 Å². The molecule has 2 aromatic rings. The van der Waals surface area contributed by atoms with Gasteiger partial charge in [0.15, 0.2) is 0 Å². The molecular formula is C13H12N4O2. The van der Waals surface area contributed by atoms with Gasteiger partial charge in [-0.15, -0.1) is 0 Å². The molecule has 0 atom stereocenters. The van der Waals surface area contributed by atoms with Gasteiger partial charge in [0, 0.05) is 19.4 Å². The number of pyridine rings is 2. The standard InChI is InChI=1S/C13H12N4O2/c1-15-13(19)9-5-3-7-17-11(9)10-8(12(14)18)4-2-6-16-10/h2-7H,1H3,(H2,14,18)(H,15,19). The summed E-state index contributed by atoms with van der Waals surface area (Å²) in [5.41, 5.74) is 6.50. The Balaban J connectivity index is 2.66. The van der Waals surface area contributed by atoms with Gasteiger partial charge in [0.2, 0.25) is 0 Å². The number of aromatic nitrogens is 2. The van der Waals surface area contributed by atoms with Crippen molar-refractivity contribution in [3.05, 3.63) is 47.8 Å². The second-order valence-corrected chi connectivity index (χ2v) is 3.74. The number of amides is 2. The Kier molecular flexibility index (Phi) is 3.51. The SMILES string of the molecule is CNC(=O)c1cccnc1-c1ncccc1C(N)=O. The minimum Gasteiger partial charge on any atom is -0.366 e. The average molecular weight is 256 g/mol. The minimum absolute atomic E-state index is 0.228. The first-order valence-electron chi connectivity index (χ1n) is 5.57. The molecule has 0 aliphatic heterocycles. The summed E-state index contributed by atoms with van der Waals surface area (Å²) in [5, 5.41) is 2.52. The Morgan fingerprint density at radius 3 is 2.11 bits per heavy atom. The fourth-order valence-electron chi connectivity index (χ4n) is 1.70. The van der Waals surface area contributed by atoms with E-state index in [9.17, 15) is 9.59 Å². The largest absolute Gasteiger partial charge is 0.366 e. The highest BCUT2D eigenvalue weighted by atomic mass is 16.2. The van der Waals surface area contributed by atoms with E-state index < -0.39 is 5.91 Å². The van der Waals surface area contributed by atoms with Crippen LogP contribution in [0.5, 0.6) is 0 Å². The Bertz CT molecular complexity index is 640. The zero-order valence-electron chi connectivity index (χ0n) is 10.3. The highest BCUT2D eigenvalue weighted by molar-refractivity contribution is 6.03. The molecule has 0 aliphatic rings. The predicted molar refractivity (Wildman–Crippen MR) is 69.4 cm³/mol. The third kappa shape index (κ3) is 2.42. The first-order chi connectivity index (χ1) is 9.15. The molecule has 2 aromatic heterocycles. The molecule has 2 rings (SSSR count). The molecule has 0 fully saturated rings. The number of rotatable bonds is 3. The van der Waals surface area contributed by atoms with E-state index >= 15 is 0 Å². The lowest BCUT2D eigenvalue weighted by atomic mass is 10.1. The van der Waals surface area contributed by atoms with E-state index in [2.05, 4.69) is 15.3 Å². The smallest absolute Gasteiger partial charge is 0.253 e. The number of nitrogens with zero attached hydrogens (tertiary/aromatic N) is 2. The molecule has 0 spiro atoms. The number of carbonyl (C=O) groups excluding carboxylic acids is 2. The predicted octanol–water partition coefficient (Wildman–Crippen LogP) is 0.602. The van der Waals surface area contributed by atoms with Gasteiger partial charge in [-0.25, -0.2) is 0 Å². The van der Waals surface area contributed by atoms with Crippen LogP contribution in [0, 0.1) is 0 Å². The van der Waals surface area contributed by atoms with E-state index in [0.29, 0.717) is 17.0 Å². The van der Waals surface area contributed by atoms with Crippen LogP contribution in [0.1, 0.15) is 20.7 Å². The highest BCUT2D eigenvalue weighted by Gasteiger charge is 2.18. The molecule has 3 N–H and O–H groups in total. The zero-order valence-corrected chi connectivity index (χ0v) is 10.3. The van der Waals surface area contributed by atoms with Crippen molar-refractivity contribution < 1.29 is 9.59 Å². The fraction of sp³-hybridized carbons (Fsp3) is 0.0769. The molecule has 19 heavy (non-hydrogen) atoms. The Hall–Kier alpha value is -2.76. The molecule has 2 heterocycles. The first kappa shape index (κ1) is 12.7. The van der Waals surface area contributed by atoms with Gasteiger partial charge in [0.05, 0.1) is 11.1 Å². The third-order valence-corrected chi connectivity index (χ3v) is 2.58. The van der Waals surface area contributed by atoms with E-state index in [0.717, 1.165) is 0 Å². The van der Waals surface area contributed by atoms with Crippen LogP contribution in [0.25, 0.3) is 11.4 Å². The normalized spacial score (nSPS) is 9.95. The molecule has 0 radical (unpaired) electrons. The number of hydrogen-bond donors (Lipinski definition) is 2.